The molecule has 2 atom stereocenters. The molecule has 31 heavy (non-hydrogen) atoms. The Labute approximate surface area is 178 Å². The number of rotatable bonds is 6. The van der Waals surface area contributed by atoms with Gasteiger partial charge in [-0.15, -0.1) is 0 Å². The lowest BCUT2D eigenvalue weighted by Crippen LogP contribution is -2.33. The molecule has 0 spiro atoms. The fraction of sp³-hybridized carbons (Fsp3) is 0.273. The lowest BCUT2D eigenvalue weighted by Gasteiger charge is -2.16. The van der Waals surface area contributed by atoms with Crippen molar-refractivity contribution >= 4 is 29.2 Å². The van der Waals surface area contributed by atoms with Crippen molar-refractivity contribution in [2.75, 3.05) is 25.7 Å². The summed E-state index contributed by atoms with van der Waals surface area (Å²) in [7, 11) is 3.02. The molecule has 0 aromatic heterocycles. The molecule has 160 valence electrons. The zero-order valence-electron chi connectivity index (χ0n) is 17.2. The Morgan fingerprint density at radius 2 is 1.81 bits per heavy atom. The molecule has 0 saturated carbocycles. The van der Waals surface area contributed by atoms with Crippen molar-refractivity contribution in [1.29, 1.82) is 0 Å². The summed E-state index contributed by atoms with van der Waals surface area (Å²) in [6.07, 6.45) is -1.07. The number of benzene rings is 2. The molecule has 2 aromatic carbocycles. The van der Waals surface area contributed by atoms with Gasteiger partial charge in [0.1, 0.15) is 23.1 Å². The van der Waals surface area contributed by atoms with Gasteiger partial charge in [-0.1, -0.05) is 5.16 Å². The van der Waals surface area contributed by atoms with E-state index in [0.29, 0.717) is 34.0 Å². The lowest BCUT2D eigenvalue weighted by atomic mass is 9.93. The molecule has 0 radical (unpaired) electrons. The highest BCUT2D eigenvalue weighted by atomic mass is 16.7. The zero-order valence-corrected chi connectivity index (χ0v) is 17.2. The highest BCUT2D eigenvalue weighted by Gasteiger charge is 2.56. The molecular weight excluding hydrogens is 404 g/mol. The molecule has 2 amide bonds. The molecule has 2 aliphatic heterocycles. The fourth-order valence-electron chi connectivity index (χ4n) is 3.63. The maximum absolute atomic E-state index is 13.2. The van der Waals surface area contributed by atoms with Crippen LogP contribution >= 0.6 is 0 Å². The molecule has 2 aromatic rings. The number of oxime groups is 1. The van der Waals surface area contributed by atoms with Crippen molar-refractivity contribution in [2.45, 2.75) is 13.0 Å². The van der Waals surface area contributed by atoms with Crippen molar-refractivity contribution < 1.29 is 33.4 Å². The van der Waals surface area contributed by atoms with Gasteiger partial charge in [0.05, 0.1) is 32.1 Å². The van der Waals surface area contributed by atoms with E-state index in [-0.39, 0.29) is 6.61 Å². The lowest BCUT2D eigenvalue weighted by molar-refractivity contribution is -0.126. The third kappa shape index (κ3) is 3.37. The van der Waals surface area contributed by atoms with Crippen LogP contribution in [0, 0.1) is 5.92 Å². The minimum Gasteiger partial charge on any atom is -0.497 e. The van der Waals surface area contributed by atoms with E-state index < -0.39 is 29.8 Å². The van der Waals surface area contributed by atoms with Crippen molar-refractivity contribution in [3.05, 3.63) is 53.6 Å². The van der Waals surface area contributed by atoms with Gasteiger partial charge in [0.2, 0.25) is 12.0 Å². The largest absolute Gasteiger partial charge is 0.497 e. The minimum atomic E-state index is -1.07. The summed E-state index contributed by atoms with van der Waals surface area (Å²) < 4.78 is 15.6. The van der Waals surface area contributed by atoms with Crippen LogP contribution in [0.5, 0.6) is 11.5 Å². The van der Waals surface area contributed by atoms with Crippen LogP contribution < -0.4 is 14.4 Å². The first-order valence-corrected chi connectivity index (χ1v) is 9.61. The molecular formula is C22H20N2O7. The molecule has 9 heteroatoms. The molecule has 0 N–H and O–H groups in total. The highest BCUT2D eigenvalue weighted by molar-refractivity contribution is 6.32. The van der Waals surface area contributed by atoms with Crippen LogP contribution in [0.2, 0.25) is 0 Å². The average Bonchev–Trinajstić information content (AvgIpc) is 3.33. The summed E-state index contributed by atoms with van der Waals surface area (Å²) in [6.45, 7) is 1.96. The summed E-state index contributed by atoms with van der Waals surface area (Å²) in [5.74, 6) is -1.38. The first-order valence-electron chi connectivity index (χ1n) is 9.61. The van der Waals surface area contributed by atoms with Crippen LogP contribution in [0.4, 0.5) is 5.69 Å². The Kier molecular flexibility index (Phi) is 5.33. The second-order valence-corrected chi connectivity index (χ2v) is 6.83. The smallest absolute Gasteiger partial charge is 0.338 e. The Balaban J connectivity index is 1.65. The van der Waals surface area contributed by atoms with Crippen LogP contribution in [-0.2, 0) is 19.2 Å². The summed E-state index contributed by atoms with van der Waals surface area (Å²) in [5, 5.41) is 4.01. The van der Waals surface area contributed by atoms with Crippen LogP contribution in [0.3, 0.4) is 0 Å². The van der Waals surface area contributed by atoms with Crippen LogP contribution in [0.25, 0.3) is 0 Å². The topological polar surface area (TPSA) is 104 Å². The van der Waals surface area contributed by atoms with E-state index in [2.05, 4.69) is 5.16 Å². The van der Waals surface area contributed by atoms with Gasteiger partial charge in [-0.2, -0.15) is 0 Å². The maximum atomic E-state index is 13.2. The second kappa shape index (κ2) is 8.10. The van der Waals surface area contributed by atoms with Crippen molar-refractivity contribution in [2.24, 2.45) is 11.1 Å². The zero-order chi connectivity index (χ0) is 22.1. The van der Waals surface area contributed by atoms with E-state index in [9.17, 15) is 14.4 Å². The highest BCUT2D eigenvalue weighted by Crippen LogP contribution is 2.38. The number of imide groups is 1. The number of carbonyl (C=O) groups excluding carboxylic acids is 3. The standard InChI is InChI=1S/C22H20N2O7/c1-4-30-22(27)12-5-7-13(8-6-12)24-20(25)17-18(23-31-19(17)21(24)26)15-11-14(28-2)9-10-16(15)29-3/h5-11,17,19H,4H2,1-3H3/t17-,19+/m0/s1. The summed E-state index contributed by atoms with van der Waals surface area (Å²) in [4.78, 5) is 44.4. The van der Waals surface area contributed by atoms with Gasteiger partial charge < -0.3 is 19.0 Å². The fourth-order valence-corrected chi connectivity index (χ4v) is 3.63. The van der Waals surface area contributed by atoms with Gasteiger partial charge in [0, 0.05) is 5.56 Å². The number of amides is 2. The van der Waals surface area contributed by atoms with Gasteiger partial charge in [-0.25, -0.2) is 9.69 Å². The van der Waals surface area contributed by atoms with Crippen LogP contribution in [0.1, 0.15) is 22.8 Å². The minimum absolute atomic E-state index is 0.250. The number of anilines is 1. The monoisotopic (exact) mass is 424 g/mol. The summed E-state index contributed by atoms with van der Waals surface area (Å²) in [5.41, 5.74) is 1.46. The van der Waals surface area contributed by atoms with Gasteiger partial charge in [-0.3, -0.25) is 9.59 Å². The quantitative estimate of drug-likeness (QED) is 0.517. The number of ether oxygens (including phenoxy) is 3. The molecule has 0 unspecified atom stereocenters. The van der Waals surface area contributed by atoms with Crippen molar-refractivity contribution in [3.63, 3.8) is 0 Å². The number of carbonyl (C=O) groups is 3. The Bertz CT molecular complexity index is 1080. The molecule has 2 heterocycles. The number of hydrogen-bond acceptors (Lipinski definition) is 8. The van der Waals surface area contributed by atoms with Crippen LogP contribution in [-0.4, -0.2) is 50.4 Å². The number of methoxy groups -OCH3 is 2. The summed E-state index contributed by atoms with van der Waals surface area (Å²) in [6, 6.07) is 11.1. The molecule has 9 nitrogen and oxygen atoms in total. The Hall–Kier alpha value is -3.88. The summed E-state index contributed by atoms with van der Waals surface area (Å²) >= 11 is 0. The van der Waals surface area contributed by atoms with E-state index in [0.717, 1.165) is 4.90 Å². The first-order chi connectivity index (χ1) is 15.0. The van der Waals surface area contributed by atoms with E-state index in [1.807, 2.05) is 0 Å². The average molecular weight is 424 g/mol. The normalized spacial score (nSPS) is 19.6. The second-order valence-electron chi connectivity index (χ2n) is 6.83. The number of hydrogen-bond donors (Lipinski definition) is 0. The number of fused-ring (bicyclic) bond motifs is 1. The van der Waals surface area contributed by atoms with Gasteiger partial charge in [-0.05, 0) is 49.4 Å². The molecule has 4 rings (SSSR count). The SMILES string of the molecule is CCOC(=O)c1ccc(N2C(=O)[C@H]3C(c4cc(OC)ccc4OC)=NO[C@H]3C2=O)cc1. The van der Waals surface area contributed by atoms with Gasteiger partial charge >= 0.3 is 5.97 Å². The molecule has 0 aliphatic carbocycles. The first kappa shape index (κ1) is 20.4. The molecule has 2 aliphatic rings. The van der Waals surface area contributed by atoms with E-state index in [1.54, 1.807) is 25.1 Å². The Morgan fingerprint density at radius 1 is 1.06 bits per heavy atom. The van der Waals surface area contributed by atoms with E-state index in [4.69, 9.17) is 19.0 Å². The molecule has 0 bridgehead atoms. The maximum Gasteiger partial charge on any atom is 0.338 e. The molecule has 1 fully saturated rings. The predicted octanol–water partition coefficient (Wildman–Crippen LogP) is 2.17. The predicted molar refractivity (Wildman–Crippen MR) is 109 cm³/mol. The third-order valence-corrected chi connectivity index (χ3v) is 5.13. The number of esters is 1. The van der Waals surface area contributed by atoms with E-state index >= 15 is 0 Å². The molecule has 1 saturated heterocycles. The van der Waals surface area contributed by atoms with Crippen molar-refractivity contribution in [1.82, 2.24) is 0 Å². The Morgan fingerprint density at radius 3 is 2.45 bits per heavy atom. The number of nitrogens with zero attached hydrogens (tertiary/aromatic N) is 2. The van der Waals surface area contributed by atoms with Crippen molar-refractivity contribution in [3.8, 4) is 11.5 Å². The van der Waals surface area contributed by atoms with Gasteiger partial charge in [0.15, 0.2) is 0 Å². The van der Waals surface area contributed by atoms with E-state index in [1.165, 1.54) is 38.5 Å². The van der Waals surface area contributed by atoms with Crippen LogP contribution in [0.15, 0.2) is 47.6 Å². The third-order valence-electron chi connectivity index (χ3n) is 5.13. The van der Waals surface area contributed by atoms with Gasteiger partial charge in [0.25, 0.3) is 5.91 Å².